The van der Waals surface area contributed by atoms with Gasteiger partial charge in [-0.2, -0.15) is 0 Å². The second-order valence-electron chi connectivity index (χ2n) is 4.20. The molecule has 0 spiro atoms. The summed E-state index contributed by atoms with van der Waals surface area (Å²) in [4.78, 5) is 47.1. The molecular weight excluding hydrogens is 298 g/mol. The first-order valence-corrected chi connectivity index (χ1v) is 6.73. The Morgan fingerprint density at radius 3 is 2.43 bits per heavy atom. The van der Waals surface area contributed by atoms with Crippen molar-refractivity contribution in [3.05, 3.63) is 21.9 Å². The maximum atomic E-state index is 11.8. The summed E-state index contributed by atoms with van der Waals surface area (Å²) in [6, 6.07) is 3.39. The van der Waals surface area contributed by atoms with Gasteiger partial charge < -0.3 is 21.1 Å². The highest BCUT2D eigenvalue weighted by Gasteiger charge is 2.19. The number of carboxylic acids is 1. The first-order valence-electron chi connectivity index (χ1n) is 5.92. The van der Waals surface area contributed by atoms with Crippen LogP contribution in [0.3, 0.4) is 0 Å². The summed E-state index contributed by atoms with van der Waals surface area (Å²) < 4.78 is 0. The van der Waals surface area contributed by atoms with Crippen LogP contribution >= 0.6 is 11.3 Å². The van der Waals surface area contributed by atoms with E-state index in [1.807, 2.05) is 6.92 Å². The van der Waals surface area contributed by atoms with Crippen molar-refractivity contribution in [1.29, 1.82) is 0 Å². The topological polar surface area (TPSA) is 130 Å². The van der Waals surface area contributed by atoms with Crippen molar-refractivity contribution in [2.24, 2.45) is 5.73 Å². The second-order valence-corrected chi connectivity index (χ2v) is 5.49. The van der Waals surface area contributed by atoms with E-state index >= 15 is 0 Å². The van der Waals surface area contributed by atoms with Gasteiger partial charge in [-0.3, -0.25) is 19.2 Å². The van der Waals surface area contributed by atoms with Crippen molar-refractivity contribution in [2.45, 2.75) is 6.92 Å². The van der Waals surface area contributed by atoms with Gasteiger partial charge in [-0.1, -0.05) is 0 Å². The molecule has 0 saturated heterocycles. The van der Waals surface area contributed by atoms with Crippen LogP contribution in [-0.4, -0.2) is 53.3 Å². The summed E-state index contributed by atoms with van der Waals surface area (Å²) >= 11 is 1.27. The van der Waals surface area contributed by atoms with Gasteiger partial charge in [0.05, 0.1) is 18.0 Å². The molecule has 0 aliphatic heterocycles. The zero-order valence-corrected chi connectivity index (χ0v) is 12.1. The molecule has 21 heavy (non-hydrogen) atoms. The van der Waals surface area contributed by atoms with Crippen molar-refractivity contribution in [3.63, 3.8) is 0 Å². The predicted octanol–water partition coefficient (Wildman–Crippen LogP) is -0.815. The van der Waals surface area contributed by atoms with Gasteiger partial charge in [0, 0.05) is 4.88 Å². The molecule has 1 aromatic heterocycles. The Balaban J connectivity index is 2.58. The highest BCUT2D eigenvalue weighted by atomic mass is 32.1. The fraction of sp³-hybridized carbons (Fsp3) is 0.333. The molecule has 0 aliphatic rings. The smallest absolute Gasteiger partial charge is 0.323 e. The van der Waals surface area contributed by atoms with E-state index in [9.17, 15) is 19.2 Å². The van der Waals surface area contributed by atoms with E-state index in [0.29, 0.717) is 4.88 Å². The van der Waals surface area contributed by atoms with E-state index in [0.717, 1.165) is 9.78 Å². The minimum Gasteiger partial charge on any atom is -0.480 e. The molecule has 0 atom stereocenters. The molecule has 8 nitrogen and oxygen atoms in total. The van der Waals surface area contributed by atoms with Crippen LogP contribution in [0.4, 0.5) is 0 Å². The number of nitrogens with zero attached hydrogens (tertiary/aromatic N) is 1. The molecule has 0 unspecified atom stereocenters. The van der Waals surface area contributed by atoms with Crippen LogP contribution in [-0.2, 0) is 14.4 Å². The van der Waals surface area contributed by atoms with Gasteiger partial charge in [-0.05, 0) is 19.1 Å². The van der Waals surface area contributed by atoms with E-state index in [1.54, 1.807) is 12.1 Å². The third-order valence-electron chi connectivity index (χ3n) is 2.39. The number of nitrogens with one attached hydrogen (secondary N) is 1. The molecule has 0 saturated carbocycles. The van der Waals surface area contributed by atoms with Crippen molar-refractivity contribution in [1.82, 2.24) is 10.2 Å². The number of amides is 3. The third kappa shape index (κ3) is 5.61. The Bertz CT molecular complexity index is 553. The van der Waals surface area contributed by atoms with Gasteiger partial charge in [0.2, 0.25) is 11.8 Å². The Morgan fingerprint density at radius 1 is 1.29 bits per heavy atom. The van der Waals surface area contributed by atoms with Crippen LogP contribution in [0.5, 0.6) is 0 Å². The number of carbonyl (C=O) groups excluding carboxylic acids is 3. The van der Waals surface area contributed by atoms with Gasteiger partial charge in [0.1, 0.15) is 6.54 Å². The summed E-state index contributed by atoms with van der Waals surface area (Å²) in [5, 5.41) is 11.0. The minimum absolute atomic E-state index is 0.406. The van der Waals surface area contributed by atoms with E-state index < -0.39 is 43.3 Å². The van der Waals surface area contributed by atoms with Gasteiger partial charge >= 0.3 is 5.97 Å². The van der Waals surface area contributed by atoms with Crippen molar-refractivity contribution >= 4 is 35.0 Å². The van der Waals surface area contributed by atoms with Gasteiger partial charge in [0.15, 0.2) is 0 Å². The first-order chi connectivity index (χ1) is 9.79. The minimum atomic E-state index is -1.27. The molecule has 1 aromatic rings. The molecule has 0 fully saturated rings. The SMILES string of the molecule is Cc1ccc(C(=O)NCC(=O)N(CC(N)=O)CC(=O)O)s1. The summed E-state index contributed by atoms with van der Waals surface area (Å²) in [7, 11) is 0. The van der Waals surface area contributed by atoms with Crippen molar-refractivity contribution < 1.29 is 24.3 Å². The third-order valence-corrected chi connectivity index (χ3v) is 3.39. The Hall–Kier alpha value is -2.42. The average Bonchev–Trinajstić information content (AvgIpc) is 2.80. The lowest BCUT2D eigenvalue weighted by molar-refractivity contribution is -0.145. The Morgan fingerprint density at radius 2 is 1.95 bits per heavy atom. The molecule has 0 bridgehead atoms. The van der Waals surface area contributed by atoms with Crippen LogP contribution < -0.4 is 11.1 Å². The van der Waals surface area contributed by atoms with Crippen molar-refractivity contribution in [2.75, 3.05) is 19.6 Å². The standard InChI is InChI=1S/C12H15N3O5S/c1-7-2-3-8(21-7)12(20)14-4-10(17)15(5-9(13)16)6-11(18)19/h2-3H,4-6H2,1H3,(H2,13,16)(H,14,20)(H,18,19). The number of aliphatic carboxylic acids is 1. The van der Waals surface area contributed by atoms with E-state index in [4.69, 9.17) is 10.8 Å². The maximum Gasteiger partial charge on any atom is 0.323 e. The summed E-state index contributed by atoms with van der Waals surface area (Å²) in [5.41, 5.74) is 4.95. The number of rotatable bonds is 7. The number of carbonyl (C=O) groups is 4. The van der Waals surface area contributed by atoms with E-state index in [-0.39, 0.29) is 0 Å². The lowest BCUT2D eigenvalue weighted by Crippen LogP contribution is -2.46. The zero-order chi connectivity index (χ0) is 16.0. The number of hydrogen-bond donors (Lipinski definition) is 3. The Labute approximate surface area is 124 Å². The summed E-state index contributed by atoms with van der Waals surface area (Å²) in [6.45, 7) is 0.263. The molecule has 4 N–H and O–H groups in total. The molecule has 9 heteroatoms. The number of primary amides is 1. The zero-order valence-electron chi connectivity index (χ0n) is 11.3. The summed E-state index contributed by atoms with van der Waals surface area (Å²) in [6.07, 6.45) is 0. The maximum absolute atomic E-state index is 11.8. The van der Waals surface area contributed by atoms with Gasteiger partial charge in [-0.15, -0.1) is 11.3 Å². The number of aryl methyl sites for hydroxylation is 1. The molecule has 0 aromatic carbocycles. The monoisotopic (exact) mass is 313 g/mol. The van der Waals surface area contributed by atoms with Crippen molar-refractivity contribution in [3.8, 4) is 0 Å². The largest absolute Gasteiger partial charge is 0.480 e. The first kappa shape index (κ1) is 16.6. The van der Waals surface area contributed by atoms with E-state index in [1.165, 1.54) is 11.3 Å². The number of hydrogen-bond acceptors (Lipinski definition) is 5. The molecular formula is C12H15N3O5S. The van der Waals surface area contributed by atoms with Crippen LogP contribution in [0.15, 0.2) is 12.1 Å². The summed E-state index contributed by atoms with van der Waals surface area (Å²) in [5.74, 6) is -3.23. The van der Waals surface area contributed by atoms with E-state index in [2.05, 4.69) is 5.32 Å². The molecule has 114 valence electrons. The highest BCUT2D eigenvalue weighted by Crippen LogP contribution is 2.14. The molecule has 1 heterocycles. The molecule has 1 rings (SSSR count). The molecule has 0 radical (unpaired) electrons. The number of nitrogens with two attached hydrogens (primary N) is 1. The second kappa shape index (κ2) is 7.39. The predicted molar refractivity (Wildman–Crippen MR) is 74.8 cm³/mol. The molecule has 0 aliphatic carbocycles. The van der Waals surface area contributed by atoms with Crippen LogP contribution in [0.2, 0.25) is 0 Å². The fourth-order valence-electron chi connectivity index (χ4n) is 1.50. The Kier molecular flexibility index (Phi) is 5.85. The highest BCUT2D eigenvalue weighted by molar-refractivity contribution is 7.13. The number of carboxylic acid groups (broad SMARTS) is 1. The van der Waals surface area contributed by atoms with Crippen LogP contribution in [0.1, 0.15) is 14.5 Å². The van der Waals surface area contributed by atoms with Gasteiger partial charge in [-0.25, -0.2) is 0 Å². The quantitative estimate of drug-likeness (QED) is 0.606. The normalized spacial score (nSPS) is 9.95. The molecule has 3 amide bonds. The number of thiophene rings is 1. The lowest BCUT2D eigenvalue weighted by atomic mass is 10.4. The fourth-order valence-corrected chi connectivity index (χ4v) is 2.28. The lowest BCUT2D eigenvalue weighted by Gasteiger charge is -2.18. The van der Waals surface area contributed by atoms with Crippen LogP contribution in [0.25, 0.3) is 0 Å². The van der Waals surface area contributed by atoms with Crippen LogP contribution in [0, 0.1) is 6.92 Å². The van der Waals surface area contributed by atoms with Gasteiger partial charge in [0.25, 0.3) is 5.91 Å². The average molecular weight is 313 g/mol.